The Hall–Kier alpha value is -1.58. The predicted molar refractivity (Wildman–Crippen MR) is 64.8 cm³/mol. The molecular formula is C12H12O4Se. The van der Waals surface area contributed by atoms with Crippen molar-refractivity contribution in [3.8, 4) is 0 Å². The van der Waals surface area contributed by atoms with Crippen molar-refractivity contribution >= 4 is 26.7 Å². The molecule has 0 saturated heterocycles. The van der Waals surface area contributed by atoms with Crippen LogP contribution in [-0.2, 0) is 4.74 Å². The van der Waals surface area contributed by atoms with Crippen molar-refractivity contribution in [1.29, 1.82) is 0 Å². The van der Waals surface area contributed by atoms with E-state index in [4.69, 9.17) is 4.42 Å². The third-order valence-corrected chi connectivity index (χ3v) is 4.86. The van der Waals surface area contributed by atoms with Gasteiger partial charge >= 0.3 is 104 Å². The van der Waals surface area contributed by atoms with Crippen LogP contribution in [0.25, 0.3) is 0 Å². The van der Waals surface area contributed by atoms with Gasteiger partial charge < -0.3 is 0 Å². The van der Waals surface area contributed by atoms with Gasteiger partial charge in [-0.15, -0.1) is 0 Å². The molecule has 0 aliphatic carbocycles. The van der Waals surface area contributed by atoms with Gasteiger partial charge in [-0.3, -0.25) is 0 Å². The number of carbonyl (C=O) groups excluding carboxylic acids is 2. The Balaban J connectivity index is 2.16. The molecule has 0 spiro atoms. The number of hydrogen-bond donors (Lipinski definition) is 0. The predicted octanol–water partition coefficient (Wildman–Crippen LogP) is 1.22. The zero-order chi connectivity index (χ0) is 12.4. The molecule has 1 aliphatic heterocycles. The molecule has 2 rings (SSSR count). The number of hydrogen-bond acceptors (Lipinski definition) is 4. The average molecular weight is 299 g/mol. The summed E-state index contributed by atoms with van der Waals surface area (Å²) >= 11 is -0.502. The Morgan fingerprint density at radius 3 is 2.53 bits per heavy atom. The second kappa shape index (κ2) is 4.73. The summed E-state index contributed by atoms with van der Waals surface area (Å²) in [6.07, 6.45) is 3.79. The van der Waals surface area contributed by atoms with Crippen molar-refractivity contribution in [3.05, 3.63) is 44.7 Å². The second-order valence-corrected chi connectivity index (χ2v) is 6.85. The van der Waals surface area contributed by atoms with Gasteiger partial charge in [-0.2, -0.15) is 0 Å². The van der Waals surface area contributed by atoms with Crippen LogP contribution in [0.3, 0.4) is 0 Å². The van der Waals surface area contributed by atoms with Gasteiger partial charge in [0.05, 0.1) is 0 Å². The van der Waals surface area contributed by atoms with E-state index in [1.807, 2.05) is 19.1 Å². The van der Waals surface area contributed by atoms with E-state index in [9.17, 15) is 9.59 Å². The van der Waals surface area contributed by atoms with Gasteiger partial charge in [-0.1, -0.05) is 0 Å². The maximum absolute atomic E-state index is 12.0. The van der Waals surface area contributed by atoms with Crippen molar-refractivity contribution in [2.24, 2.45) is 0 Å². The van der Waals surface area contributed by atoms with E-state index in [0.717, 1.165) is 4.47 Å². The summed E-state index contributed by atoms with van der Waals surface area (Å²) in [5.41, 5.74) is 0. The molecule has 0 aromatic carbocycles. The van der Waals surface area contributed by atoms with E-state index >= 15 is 0 Å². The number of allylic oxidation sites excluding steroid dienone is 4. The molecule has 0 fully saturated rings. The molecule has 0 amide bonds. The van der Waals surface area contributed by atoms with Crippen LogP contribution in [0.15, 0.2) is 37.6 Å². The van der Waals surface area contributed by atoms with Crippen LogP contribution in [0.5, 0.6) is 0 Å². The van der Waals surface area contributed by atoms with E-state index in [1.54, 1.807) is 0 Å². The van der Waals surface area contributed by atoms with Crippen LogP contribution in [-0.4, -0.2) is 33.8 Å². The van der Waals surface area contributed by atoms with Gasteiger partial charge in [-0.25, -0.2) is 0 Å². The van der Waals surface area contributed by atoms with E-state index in [1.165, 1.54) is 23.7 Å². The zero-order valence-corrected chi connectivity index (χ0v) is 11.5. The zero-order valence-electron chi connectivity index (χ0n) is 9.44. The Morgan fingerprint density at radius 2 is 1.94 bits per heavy atom. The minimum absolute atomic E-state index is 0.0547. The van der Waals surface area contributed by atoms with E-state index < -0.39 is 20.9 Å². The SMILES string of the molecule is COC(=O)c1ccc(C(=O)C2=CC=C(C)[SeH2]2)o1. The fourth-order valence-corrected chi connectivity index (χ4v) is 3.53. The van der Waals surface area contributed by atoms with Crippen LogP contribution in [0.4, 0.5) is 0 Å². The first-order chi connectivity index (χ1) is 8.11. The summed E-state index contributed by atoms with van der Waals surface area (Å²) in [6.45, 7) is 2.01. The molecule has 0 N–H and O–H groups in total. The molecule has 0 atom stereocenters. The third-order valence-electron chi connectivity index (χ3n) is 2.29. The Labute approximate surface area is 104 Å². The molecule has 0 unspecified atom stereocenters. The number of ether oxygens (including phenoxy) is 1. The third kappa shape index (κ3) is 2.40. The first-order valence-electron chi connectivity index (χ1n) is 5.00. The maximum atomic E-state index is 12.0. The first-order valence-corrected chi connectivity index (χ1v) is 7.10. The van der Waals surface area contributed by atoms with Crippen LogP contribution in [0.2, 0.25) is 0 Å². The summed E-state index contributed by atoms with van der Waals surface area (Å²) in [6, 6.07) is 2.96. The fourth-order valence-electron chi connectivity index (χ4n) is 1.44. The van der Waals surface area contributed by atoms with Crippen molar-refractivity contribution in [3.63, 3.8) is 0 Å². The summed E-state index contributed by atoms with van der Waals surface area (Å²) in [4.78, 5) is 23.2. The van der Waals surface area contributed by atoms with Gasteiger partial charge in [0.15, 0.2) is 0 Å². The van der Waals surface area contributed by atoms with Crippen LogP contribution in [0.1, 0.15) is 28.0 Å². The summed E-state index contributed by atoms with van der Waals surface area (Å²) in [5.74, 6) is -0.453. The Morgan fingerprint density at radius 1 is 1.24 bits per heavy atom. The van der Waals surface area contributed by atoms with Crippen LogP contribution < -0.4 is 0 Å². The first kappa shape index (κ1) is 11.9. The quantitative estimate of drug-likeness (QED) is 0.478. The summed E-state index contributed by atoms with van der Waals surface area (Å²) < 4.78 is 11.7. The van der Waals surface area contributed by atoms with Gasteiger partial charge in [0, 0.05) is 0 Å². The van der Waals surface area contributed by atoms with E-state index in [0.29, 0.717) is 0 Å². The molecule has 0 bridgehead atoms. The topological polar surface area (TPSA) is 56.5 Å². The molecule has 4 nitrogen and oxygen atoms in total. The Kier molecular flexibility index (Phi) is 3.31. The van der Waals surface area contributed by atoms with Gasteiger partial charge in [0.2, 0.25) is 0 Å². The normalized spacial score (nSPS) is 16.6. The second-order valence-electron chi connectivity index (χ2n) is 3.54. The molecule has 0 radical (unpaired) electrons. The minimum atomic E-state index is -0.574. The fraction of sp³-hybridized carbons (Fsp3) is 0.167. The van der Waals surface area contributed by atoms with Crippen molar-refractivity contribution < 1.29 is 18.7 Å². The van der Waals surface area contributed by atoms with Gasteiger partial charge in [0.25, 0.3) is 0 Å². The van der Waals surface area contributed by atoms with Crippen LogP contribution in [0, 0.1) is 0 Å². The van der Waals surface area contributed by atoms with E-state index in [-0.39, 0.29) is 17.3 Å². The molecule has 1 aromatic heterocycles. The number of rotatable bonds is 3. The van der Waals surface area contributed by atoms with Crippen molar-refractivity contribution in [1.82, 2.24) is 0 Å². The summed E-state index contributed by atoms with van der Waals surface area (Å²) in [7, 11) is 1.27. The molecule has 17 heavy (non-hydrogen) atoms. The number of ketones is 1. The van der Waals surface area contributed by atoms with Gasteiger partial charge in [0.1, 0.15) is 0 Å². The molecule has 1 aromatic rings. The van der Waals surface area contributed by atoms with Crippen molar-refractivity contribution in [2.45, 2.75) is 6.92 Å². The molecule has 0 saturated carbocycles. The van der Waals surface area contributed by atoms with Crippen molar-refractivity contribution in [2.75, 3.05) is 7.11 Å². The molecule has 5 heteroatoms. The molecule has 90 valence electrons. The number of carbonyl (C=O) groups is 2. The number of Topliss-reactive ketones (excluding diaryl/α,β-unsaturated/α-hetero) is 1. The van der Waals surface area contributed by atoms with Gasteiger partial charge in [-0.05, 0) is 0 Å². The number of furan rings is 1. The monoisotopic (exact) mass is 300 g/mol. The Bertz CT molecular complexity index is 536. The standard InChI is InChI=1S/C12H12O4Se/c1-7-3-6-10(17-7)11(13)8-4-5-9(16-8)12(14)15-2/h3-6H,17H2,1-2H3. The number of esters is 1. The average Bonchev–Trinajstić information content (AvgIpc) is 2.95. The molecule has 1 aliphatic rings. The van der Waals surface area contributed by atoms with E-state index in [2.05, 4.69) is 4.74 Å². The summed E-state index contributed by atoms with van der Waals surface area (Å²) in [5, 5.41) is 0. The molecule has 2 heterocycles. The number of methoxy groups -OCH3 is 1. The molecular weight excluding hydrogens is 287 g/mol. The van der Waals surface area contributed by atoms with Crippen LogP contribution >= 0.6 is 0 Å².